The van der Waals surface area contributed by atoms with Crippen LogP contribution in [0.25, 0.3) is 0 Å². The summed E-state index contributed by atoms with van der Waals surface area (Å²) in [6, 6.07) is 31.4. The summed E-state index contributed by atoms with van der Waals surface area (Å²) >= 11 is 11.5. The molecule has 4 aromatic carbocycles. The minimum Gasteiger partial charge on any atom is -0.289 e. The third-order valence-corrected chi connectivity index (χ3v) is 5.47. The molecule has 0 aliphatic rings. The van der Waals surface area contributed by atoms with E-state index in [9.17, 15) is 9.18 Å². The van der Waals surface area contributed by atoms with Crippen LogP contribution < -0.4 is 0 Å². The van der Waals surface area contributed by atoms with Gasteiger partial charge in [0.15, 0.2) is 5.78 Å². The molecule has 4 rings (SSSR count). The minimum absolute atomic E-state index is 0.0212. The van der Waals surface area contributed by atoms with Crippen molar-refractivity contribution in [3.63, 3.8) is 0 Å². The highest BCUT2D eigenvalue weighted by molar-refractivity contribution is 7.99. The Morgan fingerprint density at radius 2 is 1.60 bits per heavy atom. The molecule has 0 saturated carbocycles. The van der Waals surface area contributed by atoms with Crippen LogP contribution in [0.5, 0.6) is 0 Å². The van der Waals surface area contributed by atoms with Crippen molar-refractivity contribution >= 4 is 41.8 Å². The minimum atomic E-state index is -0.220. The lowest BCUT2D eigenvalue weighted by Gasteiger charge is -2.04. The van der Waals surface area contributed by atoms with Gasteiger partial charge in [-0.05, 0) is 78.9 Å². The lowest BCUT2D eigenvalue weighted by molar-refractivity contribution is 0.103. The Bertz CT molecular complexity index is 1080. The zero-order chi connectivity index (χ0) is 21.3. The van der Waals surface area contributed by atoms with Crippen molar-refractivity contribution in [3.8, 4) is 0 Å². The molecule has 0 aliphatic carbocycles. The molecule has 149 valence electrons. The number of carbonyl (C=O) groups is 1. The van der Waals surface area contributed by atoms with Crippen LogP contribution in [0.3, 0.4) is 0 Å². The quantitative estimate of drug-likeness (QED) is 0.253. The molecular formula is C25H17ClFOS2. The van der Waals surface area contributed by atoms with Crippen LogP contribution in [0.15, 0.2) is 112 Å². The van der Waals surface area contributed by atoms with Crippen LogP contribution in [0.1, 0.15) is 15.9 Å². The van der Waals surface area contributed by atoms with Gasteiger partial charge in [-0.15, -0.1) is 12.6 Å². The highest BCUT2D eigenvalue weighted by Crippen LogP contribution is 2.27. The van der Waals surface area contributed by atoms with Crippen molar-refractivity contribution in [1.82, 2.24) is 0 Å². The third kappa shape index (κ3) is 6.77. The molecule has 0 heterocycles. The number of ketones is 1. The van der Waals surface area contributed by atoms with Crippen LogP contribution in [-0.2, 0) is 0 Å². The molecule has 30 heavy (non-hydrogen) atoms. The number of thiol groups is 1. The van der Waals surface area contributed by atoms with E-state index in [1.165, 1.54) is 12.1 Å². The van der Waals surface area contributed by atoms with Gasteiger partial charge in [0.2, 0.25) is 0 Å². The van der Waals surface area contributed by atoms with Crippen LogP contribution in [-0.4, -0.2) is 5.78 Å². The molecule has 0 spiro atoms. The van der Waals surface area contributed by atoms with Gasteiger partial charge in [-0.2, -0.15) is 0 Å². The zero-order valence-corrected chi connectivity index (χ0v) is 18.2. The maximum atomic E-state index is 12.4. The largest absolute Gasteiger partial charge is 0.289 e. The topological polar surface area (TPSA) is 17.1 Å². The van der Waals surface area contributed by atoms with E-state index in [-0.39, 0.29) is 11.6 Å². The first-order valence-electron chi connectivity index (χ1n) is 9.00. The first kappa shape index (κ1) is 22.2. The van der Waals surface area contributed by atoms with Crippen LogP contribution in [0.2, 0.25) is 5.02 Å². The zero-order valence-electron chi connectivity index (χ0n) is 15.8. The van der Waals surface area contributed by atoms with Crippen LogP contribution >= 0.6 is 36.0 Å². The van der Waals surface area contributed by atoms with E-state index in [1.54, 1.807) is 48.2 Å². The second-order valence-corrected chi connectivity index (χ2v) is 8.28. The summed E-state index contributed by atoms with van der Waals surface area (Å²) < 4.78 is 12.1. The fourth-order valence-corrected chi connectivity index (χ4v) is 3.65. The molecule has 0 bridgehead atoms. The van der Waals surface area contributed by atoms with E-state index in [2.05, 4.69) is 18.7 Å². The van der Waals surface area contributed by atoms with E-state index in [0.717, 1.165) is 14.7 Å². The molecule has 5 heteroatoms. The van der Waals surface area contributed by atoms with Crippen molar-refractivity contribution in [3.05, 3.63) is 125 Å². The number of benzene rings is 4. The van der Waals surface area contributed by atoms with Crippen LogP contribution in [0.4, 0.5) is 4.39 Å². The summed E-state index contributed by atoms with van der Waals surface area (Å²) in [5, 5.41) is 0.568. The Morgan fingerprint density at radius 3 is 2.20 bits per heavy atom. The number of hydrogen-bond donors (Lipinski definition) is 1. The lowest BCUT2D eigenvalue weighted by atomic mass is 10.0. The summed E-state index contributed by atoms with van der Waals surface area (Å²) in [5.41, 5.74) is 1.26. The maximum absolute atomic E-state index is 12.4. The second kappa shape index (κ2) is 11.0. The Morgan fingerprint density at radius 1 is 0.867 bits per heavy atom. The molecule has 0 amide bonds. The molecule has 0 unspecified atom stereocenters. The van der Waals surface area contributed by atoms with Gasteiger partial charge in [0.05, 0.1) is 0 Å². The molecule has 4 aromatic rings. The van der Waals surface area contributed by atoms with E-state index in [1.807, 2.05) is 48.5 Å². The van der Waals surface area contributed by atoms with Gasteiger partial charge in [-0.1, -0.05) is 47.6 Å². The predicted molar refractivity (Wildman–Crippen MR) is 124 cm³/mol. The third-order valence-electron chi connectivity index (χ3n) is 3.94. The van der Waals surface area contributed by atoms with E-state index in [0.29, 0.717) is 16.1 Å². The molecule has 0 aliphatic heterocycles. The smallest absolute Gasteiger partial charge is 0.193 e. The average Bonchev–Trinajstić information content (AvgIpc) is 2.77. The summed E-state index contributed by atoms with van der Waals surface area (Å²) in [4.78, 5) is 15.4. The van der Waals surface area contributed by atoms with Crippen molar-refractivity contribution in [1.29, 1.82) is 0 Å². The first-order valence-corrected chi connectivity index (χ1v) is 10.6. The van der Waals surface area contributed by atoms with Gasteiger partial charge in [-0.25, -0.2) is 4.39 Å². The van der Waals surface area contributed by atoms with E-state index < -0.39 is 0 Å². The average molecular weight is 452 g/mol. The standard InChI is InChI=1S/C19H12ClOS.C6H5FS/c20-16-6-4-5-15(13-16)19(21)14-9-11-18(12-10-14)22-17-7-2-1-3-8-17;7-5-1-3-6(8)4-2-5/h1-2,4-13H;1-4,8H. The summed E-state index contributed by atoms with van der Waals surface area (Å²) in [6.07, 6.45) is 0. The highest BCUT2D eigenvalue weighted by atomic mass is 35.5. The Kier molecular flexibility index (Phi) is 8.14. The fraction of sp³-hybridized carbons (Fsp3) is 0. The Hall–Kier alpha value is -2.53. The normalized spacial score (nSPS) is 10.1. The molecule has 0 saturated heterocycles. The number of rotatable bonds is 4. The Labute approximate surface area is 190 Å². The van der Waals surface area contributed by atoms with Gasteiger partial charge < -0.3 is 0 Å². The summed E-state index contributed by atoms with van der Waals surface area (Å²) in [5.74, 6) is -0.241. The summed E-state index contributed by atoms with van der Waals surface area (Å²) in [6.45, 7) is 0. The lowest BCUT2D eigenvalue weighted by Crippen LogP contribution is -2.00. The monoisotopic (exact) mass is 451 g/mol. The molecule has 0 aromatic heterocycles. The summed E-state index contributed by atoms with van der Waals surface area (Å²) in [7, 11) is 0. The van der Waals surface area contributed by atoms with Gasteiger partial charge >= 0.3 is 0 Å². The number of halogens is 2. The van der Waals surface area contributed by atoms with Gasteiger partial charge in [0, 0.05) is 30.8 Å². The van der Waals surface area contributed by atoms with Crippen molar-refractivity contribution in [2.75, 3.05) is 0 Å². The molecule has 0 fully saturated rings. The van der Waals surface area contributed by atoms with Crippen molar-refractivity contribution in [2.24, 2.45) is 0 Å². The van der Waals surface area contributed by atoms with Gasteiger partial charge in [-0.3, -0.25) is 4.79 Å². The van der Waals surface area contributed by atoms with Gasteiger partial charge in [0.25, 0.3) is 0 Å². The SMILES string of the molecule is Fc1ccc(S)cc1.O=C(c1ccc(Sc2c[c]ccc2)cc1)c1cccc(Cl)c1. The van der Waals surface area contributed by atoms with E-state index in [4.69, 9.17) is 11.6 Å². The second-order valence-electron chi connectivity index (χ2n) is 6.18. The highest BCUT2D eigenvalue weighted by Gasteiger charge is 2.09. The first-order chi connectivity index (χ1) is 14.5. The molecule has 0 N–H and O–H groups in total. The van der Waals surface area contributed by atoms with E-state index >= 15 is 0 Å². The predicted octanol–water partition coefficient (Wildman–Crippen LogP) is 7.64. The molecular weight excluding hydrogens is 435 g/mol. The molecule has 1 nitrogen and oxygen atoms in total. The Balaban J connectivity index is 0.000000269. The number of carbonyl (C=O) groups excluding carboxylic acids is 1. The van der Waals surface area contributed by atoms with Crippen LogP contribution in [0, 0.1) is 11.9 Å². The van der Waals surface area contributed by atoms with Crippen molar-refractivity contribution in [2.45, 2.75) is 14.7 Å². The molecule has 0 atom stereocenters. The number of hydrogen-bond acceptors (Lipinski definition) is 3. The fourth-order valence-electron chi connectivity index (χ4n) is 2.49. The molecule has 1 radical (unpaired) electrons. The maximum Gasteiger partial charge on any atom is 0.193 e. The van der Waals surface area contributed by atoms with Gasteiger partial charge in [0.1, 0.15) is 5.82 Å². The van der Waals surface area contributed by atoms with Crippen molar-refractivity contribution < 1.29 is 9.18 Å².